The Balaban J connectivity index is 2.01. The van der Waals surface area contributed by atoms with Gasteiger partial charge in [-0.15, -0.1) is 11.6 Å². The van der Waals surface area contributed by atoms with Crippen LogP contribution in [0.5, 0.6) is 11.5 Å². The molecule has 94 valence electrons. The monoisotopic (exact) mass is 344 g/mol. The van der Waals surface area contributed by atoms with Gasteiger partial charge in [-0.1, -0.05) is 15.9 Å². The predicted octanol–water partition coefficient (Wildman–Crippen LogP) is 4.61. The number of benzene rings is 1. The number of thiophene rings is 1. The normalized spacial score (nSPS) is 15.4. The molecule has 3 rings (SSSR count). The van der Waals surface area contributed by atoms with Crippen molar-refractivity contribution in [2.24, 2.45) is 0 Å². The van der Waals surface area contributed by atoms with Gasteiger partial charge in [0.2, 0.25) is 0 Å². The van der Waals surface area contributed by atoms with Crippen LogP contribution in [0.1, 0.15) is 16.5 Å². The summed E-state index contributed by atoms with van der Waals surface area (Å²) in [6.07, 6.45) is 0. The zero-order valence-electron chi connectivity index (χ0n) is 9.36. The van der Waals surface area contributed by atoms with Gasteiger partial charge in [0.1, 0.15) is 13.2 Å². The van der Waals surface area contributed by atoms with E-state index in [1.807, 2.05) is 23.6 Å². The Morgan fingerprint density at radius 2 is 1.94 bits per heavy atom. The van der Waals surface area contributed by atoms with Crippen LogP contribution < -0.4 is 9.47 Å². The zero-order chi connectivity index (χ0) is 12.5. The Morgan fingerprint density at radius 1 is 1.22 bits per heavy atom. The Labute approximate surface area is 123 Å². The van der Waals surface area contributed by atoms with Gasteiger partial charge >= 0.3 is 0 Å². The van der Waals surface area contributed by atoms with Crippen LogP contribution in [0, 0.1) is 0 Å². The van der Waals surface area contributed by atoms with E-state index in [2.05, 4.69) is 21.3 Å². The molecule has 0 saturated carbocycles. The SMILES string of the molecule is ClC(c1ccsc1)c1cc2c(cc1Br)OCCO2. The van der Waals surface area contributed by atoms with Crippen molar-refractivity contribution in [3.63, 3.8) is 0 Å². The zero-order valence-corrected chi connectivity index (χ0v) is 12.5. The highest BCUT2D eigenvalue weighted by Gasteiger charge is 2.20. The molecule has 0 spiro atoms. The molecule has 0 N–H and O–H groups in total. The van der Waals surface area contributed by atoms with Crippen molar-refractivity contribution in [1.82, 2.24) is 0 Å². The largest absolute Gasteiger partial charge is 0.486 e. The minimum Gasteiger partial charge on any atom is -0.486 e. The highest BCUT2D eigenvalue weighted by Crippen LogP contribution is 2.41. The molecule has 2 aromatic rings. The van der Waals surface area contributed by atoms with Crippen LogP contribution in [0.15, 0.2) is 33.4 Å². The maximum Gasteiger partial charge on any atom is 0.162 e. The average molecular weight is 346 g/mol. The lowest BCUT2D eigenvalue weighted by Gasteiger charge is -2.21. The van der Waals surface area contributed by atoms with E-state index in [1.54, 1.807) is 11.3 Å². The molecule has 0 fully saturated rings. The molecule has 2 nitrogen and oxygen atoms in total. The Hall–Kier alpha value is -0.710. The van der Waals surface area contributed by atoms with Gasteiger partial charge in [-0.3, -0.25) is 0 Å². The fourth-order valence-electron chi connectivity index (χ4n) is 1.87. The maximum absolute atomic E-state index is 6.50. The van der Waals surface area contributed by atoms with E-state index >= 15 is 0 Å². The second-order valence-electron chi connectivity index (χ2n) is 3.94. The first-order chi connectivity index (χ1) is 8.75. The maximum atomic E-state index is 6.50. The van der Waals surface area contributed by atoms with Gasteiger partial charge in [0.05, 0.1) is 5.38 Å². The first-order valence-electron chi connectivity index (χ1n) is 5.51. The van der Waals surface area contributed by atoms with E-state index in [1.165, 1.54) is 0 Å². The Morgan fingerprint density at radius 3 is 2.61 bits per heavy atom. The smallest absolute Gasteiger partial charge is 0.162 e. The fourth-order valence-corrected chi connectivity index (χ4v) is 3.63. The minimum absolute atomic E-state index is 0.179. The third-order valence-corrected chi connectivity index (χ3v) is 4.65. The molecular weight excluding hydrogens is 336 g/mol. The molecule has 0 bridgehead atoms. The van der Waals surface area contributed by atoms with Crippen LogP contribution >= 0.6 is 38.9 Å². The highest BCUT2D eigenvalue weighted by atomic mass is 79.9. The lowest BCUT2D eigenvalue weighted by atomic mass is 10.1. The molecule has 18 heavy (non-hydrogen) atoms. The average Bonchev–Trinajstić information content (AvgIpc) is 2.91. The molecule has 2 heterocycles. The van der Waals surface area contributed by atoms with Crippen LogP contribution in [0.2, 0.25) is 0 Å². The van der Waals surface area contributed by atoms with Crippen LogP contribution in [-0.2, 0) is 0 Å². The van der Waals surface area contributed by atoms with Crippen LogP contribution in [0.4, 0.5) is 0 Å². The van der Waals surface area contributed by atoms with Gasteiger partial charge in [0.25, 0.3) is 0 Å². The van der Waals surface area contributed by atoms with Gasteiger partial charge in [0, 0.05) is 4.47 Å². The standard InChI is InChI=1S/C13H10BrClO2S/c14-10-6-12-11(16-2-3-17-12)5-9(10)13(15)8-1-4-18-7-8/h1,4-7,13H,2-3H2. The Bertz CT molecular complexity index is 556. The molecule has 1 atom stereocenters. The minimum atomic E-state index is -0.179. The predicted molar refractivity (Wildman–Crippen MR) is 77.1 cm³/mol. The number of alkyl halides is 1. The summed E-state index contributed by atoms with van der Waals surface area (Å²) < 4.78 is 12.1. The molecular formula is C13H10BrClO2S. The number of fused-ring (bicyclic) bond motifs is 1. The van der Waals surface area contributed by atoms with Crippen molar-refractivity contribution >= 4 is 38.9 Å². The summed E-state index contributed by atoms with van der Waals surface area (Å²) in [5.74, 6) is 1.53. The van der Waals surface area contributed by atoms with Crippen LogP contribution in [0.3, 0.4) is 0 Å². The van der Waals surface area contributed by atoms with E-state index in [0.29, 0.717) is 13.2 Å². The van der Waals surface area contributed by atoms with Crippen molar-refractivity contribution < 1.29 is 9.47 Å². The molecule has 0 amide bonds. The van der Waals surface area contributed by atoms with Gasteiger partial charge in [-0.25, -0.2) is 0 Å². The summed E-state index contributed by atoms with van der Waals surface area (Å²) in [7, 11) is 0. The second-order valence-corrected chi connectivity index (χ2v) is 6.01. The Kier molecular flexibility index (Phi) is 3.50. The van der Waals surface area contributed by atoms with Gasteiger partial charge in [0.15, 0.2) is 11.5 Å². The van der Waals surface area contributed by atoms with Crippen molar-refractivity contribution in [3.8, 4) is 11.5 Å². The van der Waals surface area contributed by atoms with Gasteiger partial charge in [-0.2, -0.15) is 11.3 Å². The van der Waals surface area contributed by atoms with E-state index < -0.39 is 0 Å². The number of rotatable bonds is 2. The summed E-state index contributed by atoms with van der Waals surface area (Å²) in [5, 5.41) is 3.90. The number of hydrogen-bond donors (Lipinski definition) is 0. The summed E-state index contributed by atoms with van der Waals surface area (Å²) in [5.41, 5.74) is 2.10. The highest BCUT2D eigenvalue weighted by molar-refractivity contribution is 9.10. The quantitative estimate of drug-likeness (QED) is 0.740. The van der Waals surface area contributed by atoms with E-state index in [0.717, 1.165) is 27.1 Å². The summed E-state index contributed by atoms with van der Waals surface area (Å²) >= 11 is 11.7. The number of halogens is 2. The summed E-state index contributed by atoms with van der Waals surface area (Å²) in [6, 6.07) is 5.91. The first-order valence-corrected chi connectivity index (χ1v) is 7.68. The van der Waals surface area contributed by atoms with Crippen molar-refractivity contribution in [1.29, 1.82) is 0 Å². The number of hydrogen-bond acceptors (Lipinski definition) is 3. The first kappa shape index (κ1) is 12.3. The van der Waals surface area contributed by atoms with Crippen molar-refractivity contribution in [3.05, 3.63) is 44.6 Å². The summed E-state index contributed by atoms with van der Waals surface area (Å²) in [6.45, 7) is 1.17. The van der Waals surface area contributed by atoms with E-state index in [-0.39, 0.29) is 5.38 Å². The van der Waals surface area contributed by atoms with Crippen molar-refractivity contribution in [2.45, 2.75) is 5.38 Å². The molecule has 5 heteroatoms. The molecule has 1 aliphatic rings. The molecule has 0 radical (unpaired) electrons. The third-order valence-electron chi connectivity index (χ3n) is 2.77. The summed E-state index contributed by atoms with van der Waals surface area (Å²) in [4.78, 5) is 0. The van der Waals surface area contributed by atoms with E-state index in [9.17, 15) is 0 Å². The lowest BCUT2D eigenvalue weighted by Crippen LogP contribution is -2.15. The topological polar surface area (TPSA) is 18.5 Å². The molecule has 1 unspecified atom stereocenters. The molecule has 1 aromatic heterocycles. The molecule has 0 saturated heterocycles. The second kappa shape index (κ2) is 5.11. The molecule has 1 aromatic carbocycles. The third kappa shape index (κ3) is 2.25. The lowest BCUT2D eigenvalue weighted by molar-refractivity contribution is 0.171. The van der Waals surface area contributed by atoms with Gasteiger partial charge in [-0.05, 0) is 40.1 Å². The molecule has 0 aliphatic carbocycles. The van der Waals surface area contributed by atoms with Crippen molar-refractivity contribution in [2.75, 3.05) is 13.2 Å². The van der Waals surface area contributed by atoms with Gasteiger partial charge < -0.3 is 9.47 Å². The number of ether oxygens (including phenoxy) is 2. The molecule has 1 aliphatic heterocycles. The van der Waals surface area contributed by atoms with Crippen LogP contribution in [-0.4, -0.2) is 13.2 Å². The van der Waals surface area contributed by atoms with Crippen LogP contribution in [0.25, 0.3) is 0 Å². The fraction of sp³-hybridized carbons (Fsp3) is 0.231. The van der Waals surface area contributed by atoms with E-state index in [4.69, 9.17) is 21.1 Å².